The Hall–Kier alpha value is -2.82. The van der Waals surface area contributed by atoms with Gasteiger partial charge in [-0.05, 0) is 17.7 Å². The fraction of sp³-hybridized carbons (Fsp3) is 0.0667. The van der Waals surface area contributed by atoms with Crippen molar-refractivity contribution in [1.29, 1.82) is 0 Å². The van der Waals surface area contributed by atoms with Crippen molar-refractivity contribution in [2.75, 3.05) is 4.90 Å². The number of nitrogens with two attached hydrogens (primary N) is 2. The minimum atomic E-state index is -0.295. The normalized spacial score (nSPS) is 18.4. The van der Waals surface area contributed by atoms with Gasteiger partial charge < -0.3 is 11.5 Å². The highest BCUT2D eigenvalue weighted by Crippen LogP contribution is 2.29. The monoisotopic (exact) mass is 265 g/mol. The molecule has 1 aliphatic rings. The smallest absolute Gasteiger partial charge is 0.221 e. The van der Waals surface area contributed by atoms with Crippen LogP contribution in [0, 0.1) is 0 Å². The van der Waals surface area contributed by atoms with Gasteiger partial charge in [-0.2, -0.15) is 4.99 Å². The second kappa shape index (κ2) is 5.05. The molecule has 5 nitrogen and oxygen atoms in total. The van der Waals surface area contributed by atoms with Crippen LogP contribution in [-0.2, 0) is 0 Å². The Morgan fingerprint density at radius 1 is 0.850 bits per heavy atom. The molecular weight excluding hydrogens is 250 g/mol. The zero-order valence-corrected chi connectivity index (χ0v) is 10.8. The first kappa shape index (κ1) is 12.2. The lowest BCUT2D eigenvalue weighted by atomic mass is 10.1. The molecule has 20 heavy (non-hydrogen) atoms. The van der Waals surface area contributed by atoms with Crippen LogP contribution in [0.1, 0.15) is 11.7 Å². The number of nitrogens with zero attached hydrogens (tertiary/aromatic N) is 3. The summed E-state index contributed by atoms with van der Waals surface area (Å²) in [5.74, 6) is 0.543. The topological polar surface area (TPSA) is 80.0 Å². The Bertz CT molecular complexity index is 648. The molecule has 2 aromatic rings. The van der Waals surface area contributed by atoms with Crippen LogP contribution in [0.4, 0.5) is 5.69 Å². The van der Waals surface area contributed by atoms with Crippen LogP contribution in [0.2, 0.25) is 0 Å². The van der Waals surface area contributed by atoms with E-state index in [9.17, 15) is 0 Å². The van der Waals surface area contributed by atoms with Crippen molar-refractivity contribution in [3.05, 3.63) is 66.2 Å². The highest BCUT2D eigenvalue weighted by Gasteiger charge is 2.26. The standard InChI is InChI=1S/C15H15N5/c16-14-18-13(11-7-3-1-4-8-11)20(15(17)19-14)12-9-5-2-6-10-12/h1-10,13H,(H4,16,17,18,19)/t13-/m0/s1. The maximum atomic E-state index is 6.04. The van der Waals surface area contributed by atoms with Crippen LogP contribution in [0.3, 0.4) is 0 Å². The van der Waals surface area contributed by atoms with Crippen molar-refractivity contribution < 1.29 is 0 Å². The van der Waals surface area contributed by atoms with Crippen molar-refractivity contribution >= 4 is 17.6 Å². The highest BCUT2D eigenvalue weighted by atomic mass is 15.4. The van der Waals surface area contributed by atoms with Gasteiger partial charge >= 0.3 is 0 Å². The molecule has 1 atom stereocenters. The molecule has 4 N–H and O–H groups in total. The van der Waals surface area contributed by atoms with Gasteiger partial charge in [0.05, 0.1) is 0 Å². The number of benzene rings is 2. The molecule has 0 amide bonds. The molecule has 0 aromatic heterocycles. The molecule has 0 fully saturated rings. The molecular formula is C15H15N5. The summed E-state index contributed by atoms with van der Waals surface area (Å²) >= 11 is 0. The number of anilines is 1. The van der Waals surface area contributed by atoms with E-state index in [1.165, 1.54) is 0 Å². The summed E-state index contributed by atoms with van der Waals surface area (Å²) in [6.45, 7) is 0. The summed E-state index contributed by atoms with van der Waals surface area (Å²) in [6.07, 6.45) is -0.295. The van der Waals surface area contributed by atoms with E-state index < -0.39 is 0 Å². The first-order valence-corrected chi connectivity index (χ1v) is 6.32. The van der Waals surface area contributed by atoms with Gasteiger partial charge in [0.1, 0.15) is 0 Å². The van der Waals surface area contributed by atoms with Crippen molar-refractivity contribution in [2.24, 2.45) is 21.5 Å². The van der Waals surface area contributed by atoms with E-state index in [1.54, 1.807) is 0 Å². The third-order valence-electron chi connectivity index (χ3n) is 3.11. The first-order valence-electron chi connectivity index (χ1n) is 6.32. The fourth-order valence-corrected chi connectivity index (χ4v) is 2.22. The lowest BCUT2D eigenvalue weighted by molar-refractivity contribution is 0.736. The van der Waals surface area contributed by atoms with Gasteiger partial charge in [0, 0.05) is 5.69 Å². The summed E-state index contributed by atoms with van der Waals surface area (Å²) in [4.78, 5) is 10.3. The molecule has 5 heteroatoms. The Morgan fingerprint density at radius 3 is 2.10 bits per heavy atom. The zero-order chi connectivity index (χ0) is 13.9. The van der Waals surface area contributed by atoms with Gasteiger partial charge in [0.15, 0.2) is 6.17 Å². The third kappa shape index (κ3) is 2.21. The van der Waals surface area contributed by atoms with Crippen LogP contribution in [0.15, 0.2) is 70.6 Å². The second-order valence-corrected chi connectivity index (χ2v) is 4.45. The molecule has 1 aliphatic heterocycles. The minimum absolute atomic E-state index is 0.198. The number of para-hydroxylation sites is 1. The molecule has 2 aromatic carbocycles. The van der Waals surface area contributed by atoms with Gasteiger partial charge in [0.25, 0.3) is 0 Å². The van der Waals surface area contributed by atoms with E-state index in [0.29, 0.717) is 5.96 Å². The molecule has 0 saturated heterocycles. The van der Waals surface area contributed by atoms with E-state index in [2.05, 4.69) is 9.98 Å². The van der Waals surface area contributed by atoms with Crippen molar-refractivity contribution in [2.45, 2.75) is 6.17 Å². The van der Waals surface area contributed by atoms with Gasteiger partial charge in [-0.25, -0.2) is 4.99 Å². The molecule has 0 unspecified atom stereocenters. The average molecular weight is 265 g/mol. The Labute approximate surface area is 117 Å². The molecule has 0 saturated carbocycles. The molecule has 3 rings (SSSR count). The Balaban J connectivity index is 2.08. The van der Waals surface area contributed by atoms with Gasteiger partial charge in [0.2, 0.25) is 11.9 Å². The van der Waals surface area contributed by atoms with Crippen molar-refractivity contribution in [3.63, 3.8) is 0 Å². The van der Waals surface area contributed by atoms with Crippen molar-refractivity contribution in [3.8, 4) is 0 Å². The SMILES string of the molecule is NC1=N[C@H](c2ccccc2)N(c2ccccc2)C(N)=N1. The van der Waals surface area contributed by atoms with E-state index in [0.717, 1.165) is 11.3 Å². The van der Waals surface area contributed by atoms with E-state index in [1.807, 2.05) is 65.6 Å². The Kier molecular flexibility index (Phi) is 3.09. The number of aliphatic imine (C=N–C) groups is 2. The molecule has 100 valence electrons. The predicted molar refractivity (Wildman–Crippen MR) is 81.3 cm³/mol. The first-order chi connectivity index (χ1) is 9.75. The second-order valence-electron chi connectivity index (χ2n) is 4.45. The third-order valence-corrected chi connectivity index (χ3v) is 3.11. The number of hydrogen-bond donors (Lipinski definition) is 2. The lowest BCUT2D eigenvalue weighted by Gasteiger charge is -2.32. The van der Waals surface area contributed by atoms with Gasteiger partial charge in [-0.15, -0.1) is 0 Å². The van der Waals surface area contributed by atoms with E-state index in [-0.39, 0.29) is 12.1 Å². The average Bonchev–Trinajstić information content (AvgIpc) is 2.48. The molecule has 0 radical (unpaired) electrons. The Morgan fingerprint density at radius 2 is 1.45 bits per heavy atom. The van der Waals surface area contributed by atoms with Crippen LogP contribution >= 0.6 is 0 Å². The van der Waals surface area contributed by atoms with Crippen LogP contribution in [0.5, 0.6) is 0 Å². The summed E-state index contributed by atoms with van der Waals surface area (Å²) in [5.41, 5.74) is 13.7. The summed E-state index contributed by atoms with van der Waals surface area (Å²) in [7, 11) is 0. The minimum Gasteiger partial charge on any atom is -0.369 e. The highest BCUT2D eigenvalue weighted by molar-refractivity contribution is 6.04. The quantitative estimate of drug-likeness (QED) is 0.869. The molecule has 0 spiro atoms. The summed E-state index contributed by atoms with van der Waals surface area (Å²) < 4.78 is 0. The predicted octanol–water partition coefficient (Wildman–Crippen LogP) is 1.83. The summed E-state index contributed by atoms with van der Waals surface area (Å²) in [5, 5.41) is 0. The van der Waals surface area contributed by atoms with E-state index in [4.69, 9.17) is 11.5 Å². The molecule has 1 heterocycles. The zero-order valence-electron chi connectivity index (χ0n) is 10.8. The maximum Gasteiger partial charge on any atom is 0.221 e. The maximum absolute atomic E-state index is 6.04. The van der Waals surface area contributed by atoms with Crippen LogP contribution in [0.25, 0.3) is 0 Å². The number of guanidine groups is 2. The fourth-order valence-electron chi connectivity index (χ4n) is 2.22. The van der Waals surface area contributed by atoms with E-state index >= 15 is 0 Å². The molecule has 0 bridgehead atoms. The van der Waals surface area contributed by atoms with Crippen LogP contribution < -0.4 is 16.4 Å². The van der Waals surface area contributed by atoms with Gasteiger partial charge in [-0.1, -0.05) is 48.5 Å². The molecule has 0 aliphatic carbocycles. The van der Waals surface area contributed by atoms with Gasteiger partial charge in [-0.3, -0.25) is 4.90 Å². The van der Waals surface area contributed by atoms with Crippen LogP contribution in [-0.4, -0.2) is 11.9 Å². The summed E-state index contributed by atoms with van der Waals surface area (Å²) in [6, 6.07) is 19.7. The number of rotatable bonds is 2. The largest absolute Gasteiger partial charge is 0.369 e. The number of hydrogen-bond acceptors (Lipinski definition) is 5. The van der Waals surface area contributed by atoms with Crippen molar-refractivity contribution in [1.82, 2.24) is 0 Å². The lowest BCUT2D eigenvalue weighted by Crippen LogP contribution is -2.44.